The molecule has 10 heavy (non-hydrogen) atoms. The van der Waals surface area contributed by atoms with Crippen molar-refractivity contribution in [1.82, 2.24) is 10.5 Å². The minimum Gasteiger partial charge on any atom is -0.237 e. The molecule has 4 heteroatoms. The zero-order chi connectivity index (χ0) is 6.97. The standard InChI is InChI=1S/C6H4ClN2O/c7-5-1-2-9-6(3-5)4-8-10-9/h1-3,8H. The summed E-state index contributed by atoms with van der Waals surface area (Å²) in [6, 6.07) is 0. The van der Waals surface area contributed by atoms with Gasteiger partial charge in [-0.15, -0.1) is 0 Å². The van der Waals surface area contributed by atoms with Gasteiger partial charge in [-0.3, -0.25) is 0 Å². The van der Waals surface area contributed by atoms with Crippen molar-refractivity contribution in [2.24, 2.45) is 0 Å². The van der Waals surface area contributed by atoms with Crippen molar-refractivity contribution in [3.8, 4) is 0 Å². The number of allylic oxidation sites excluding steroid dienone is 3. The molecular weight excluding hydrogens is 152 g/mol. The number of hydrogen-bond acceptors (Lipinski definition) is 3. The van der Waals surface area contributed by atoms with Crippen LogP contribution in [0.3, 0.4) is 0 Å². The van der Waals surface area contributed by atoms with Crippen LogP contribution in [-0.2, 0) is 4.94 Å². The van der Waals surface area contributed by atoms with Gasteiger partial charge in [0.05, 0.1) is 0 Å². The Kier molecular flexibility index (Phi) is 1.19. The average molecular weight is 156 g/mol. The molecule has 1 N–H and O–H groups in total. The van der Waals surface area contributed by atoms with Gasteiger partial charge in [0, 0.05) is 11.2 Å². The molecule has 2 aliphatic heterocycles. The first-order chi connectivity index (χ1) is 4.86. The van der Waals surface area contributed by atoms with Crippen LogP contribution < -0.4 is 5.48 Å². The Morgan fingerprint density at radius 2 is 2.60 bits per heavy atom. The van der Waals surface area contributed by atoms with Crippen LogP contribution in [0.4, 0.5) is 0 Å². The van der Waals surface area contributed by atoms with Gasteiger partial charge in [0.2, 0.25) is 0 Å². The maximum absolute atomic E-state index is 5.69. The molecule has 0 unspecified atom stereocenters. The van der Waals surface area contributed by atoms with Crippen molar-refractivity contribution < 1.29 is 4.94 Å². The SMILES string of the molecule is ClC1=CC2=[C]NON2C=C1. The molecule has 0 amide bonds. The highest BCUT2D eigenvalue weighted by molar-refractivity contribution is 6.31. The van der Waals surface area contributed by atoms with Crippen LogP contribution in [0.5, 0.6) is 0 Å². The maximum Gasteiger partial charge on any atom is 0.117 e. The zero-order valence-electron chi connectivity index (χ0n) is 4.97. The lowest BCUT2D eigenvalue weighted by Gasteiger charge is -2.13. The fourth-order valence-electron chi connectivity index (χ4n) is 0.757. The van der Waals surface area contributed by atoms with Gasteiger partial charge in [0.15, 0.2) is 0 Å². The number of hydroxylamine groups is 3. The molecular formula is C6H4ClN2O. The van der Waals surface area contributed by atoms with Crippen LogP contribution in [-0.4, -0.2) is 5.06 Å². The molecule has 0 atom stereocenters. The summed E-state index contributed by atoms with van der Waals surface area (Å²) in [6.45, 7) is 0. The van der Waals surface area contributed by atoms with Crippen molar-refractivity contribution in [3.05, 3.63) is 35.3 Å². The topological polar surface area (TPSA) is 24.5 Å². The Labute approximate surface area is 63.1 Å². The van der Waals surface area contributed by atoms with Gasteiger partial charge in [-0.25, -0.2) is 10.5 Å². The van der Waals surface area contributed by atoms with Crippen LogP contribution in [0.25, 0.3) is 0 Å². The number of hydrogen-bond donors (Lipinski definition) is 1. The third kappa shape index (κ3) is 0.798. The van der Waals surface area contributed by atoms with E-state index in [2.05, 4.69) is 11.7 Å². The lowest BCUT2D eigenvalue weighted by molar-refractivity contribution is -0.114. The third-order valence-electron chi connectivity index (χ3n) is 1.20. The Bertz CT molecular complexity index is 244. The van der Waals surface area contributed by atoms with E-state index in [0.717, 1.165) is 5.70 Å². The van der Waals surface area contributed by atoms with Gasteiger partial charge in [-0.1, -0.05) is 11.6 Å². The van der Waals surface area contributed by atoms with Gasteiger partial charge < -0.3 is 0 Å². The summed E-state index contributed by atoms with van der Waals surface area (Å²) in [7, 11) is 0. The molecule has 2 heterocycles. The minimum atomic E-state index is 0.672. The van der Waals surface area contributed by atoms with Crippen molar-refractivity contribution >= 4 is 11.6 Å². The van der Waals surface area contributed by atoms with Gasteiger partial charge in [-0.05, 0) is 12.2 Å². The lowest BCUT2D eigenvalue weighted by Crippen LogP contribution is -2.15. The fraction of sp³-hybridized carbons (Fsp3) is 0. The van der Waals surface area contributed by atoms with E-state index in [4.69, 9.17) is 16.5 Å². The average Bonchev–Trinajstić information content (AvgIpc) is 2.33. The predicted molar refractivity (Wildman–Crippen MR) is 35.9 cm³/mol. The number of nitrogens with zero attached hydrogens (tertiary/aromatic N) is 1. The molecule has 2 aliphatic rings. The molecule has 1 radical (unpaired) electrons. The van der Waals surface area contributed by atoms with Gasteiger partial charge in [0.25, 0.3) is 0 Å². The second-order valence-electron chi connectivity index (χ2n) is 1.87. The molecule has 0 aromatic heterocycles. The first-order valence-corrected chi connectivity index (χ1v) is 3.13. The van der Waals surface area contributed by atoms with E-state index in [0.29, 0.717) is 5.03 Å². The van der Waals surface area contributed by atoms with Crippen LogP contribution in [0.2, 0.25) is 0 Å². The molecule has 0 spiro atoms. The fourth-order valence-corrected chi connectivity index (χ4v) is 0.916. The van der Waals surface area contributed by atoms with E-state index in [1.54, 1.807) is 18.4 Å². The van der Waals surface area contributed by atoms with Crippen molar-refractivity contribution in [3.63, 3.8) is 0 Å². The van der Waals surface area contributed by atoms with Crippen LogP contribution in [0.1, 0.15) is 0 Å². The second kappa shape index (κ2) is 2.04. The van der Waals surface area contributed by atoms with Crippen molar-refractivity contribution in [2.45, 2.75) is 0 Å². The number of nitrogens with one attached hydrogen (secondary N) is 1. The summed E-state index contributed by atoms with van der Waals surface area (Å²) < 4.78 is 0. The Morgan fingerprint density at radius 3 is 3.50 bits per heavy atom. The molecule has 51 valence electrons. The second-order valence-corrected chi connectivity index (χ2v) is 2.31. The van der Waals surface area contributed by atoms with Gasteiger partial charge in [-0.2, -0.15) is 4.94 Å². The van der Waals surface area contributed by atoms with E-state index >= 15 is 0 Å². The molecule has 3 nitrogen and oxygen atoms in total. The number of halogens is 1. The third-order valence-corrected chi connectivity index (χ3v) is 1.44. The Balaban J connectivity index is 2.34. The Hall–Kier alpha value is -0.930. The molecule has 0 aromatic rings. The molecule has 2 rings (SSSR count). The molecule has 0 saturated carbocycles. The van der Waals surface area contributed by atoms with E-state index in [1.165, 1.54) is 5.06 Å². The molecule has 0 saturated heterocycles. The quantitative estimate of drug-likeness (QED) is 0.566. The molecule has 0 aliphatic carbocycles. The summed E-state index contributed by atoms with van der Waals surface area (Å²) in [5, 5.41) is 2.21. The van der Waals surface area contributed by atoms with E-state index in [9.17, 15) is 0 Å². The molecule has 0 aromatic carbocycles. The number of fused-ring (bicyclic) bond motifs is 1. The smallest absolute Gasteiger partial charge is 0.117 e. The molecule has 0 bridgehead atoms. The van der Waals surface area contributed by atoms with Crippen molar-refractivity contribution in [1.29, 1.82) is 0 Å². The van der Waals surface area contributed by atoms with E-state index in [1.807, 2.05) is 0 Å². The highest BCUT2D eigenvalue weighted by Gasteiger charge is 2.15. The molecule has 0 fully saturated rings. The summed E-state index contributed by atoms with van der Waals surface area (Å²) in [5.41, 5.74) is 3.25. The van der Waals surface area contributed by atoms with Crippen LogP contribution in [0.15, 0.2) is 29.1 Å². The first kappa shape index (κ1) is 5.82. The summed E-state index contributed by atoms with van der Waals surface area (Å²) in [4.78, 5) is 4.85. The number of rotatable bonds is 0. The zero-order valence-corrected chi connectivity index (χ0v) is 5.72. The van der Waals surface area contributed by atoms with Gasteiger partial charge in [0.1, 0.15) is 11.9 Å². The van der Waals surface area contributed by atoms with Gasteiger partial charge >= 0.3 is 0 Å². The van der Waals surface area contributed by atoms with Crippen LogP contribution >= 0.6 is 11.6 Å². The maximum atomic E-state index is 5.69. The summed E-state index contributed by atoms with van der Waals surface area (Å²) in [6.07, 6.45) is 7.95. The monoisotopic (exact) mass is 155 g/mol. The normalized spacial score (nSPS) is 21.5. The van der Waals surface area contributed by atoms with Crippen LogP contribution in [0, 0.1) is 6.20 Å². The van der Waals surface area contributed by atoms with E-state index in [-0.39, 0.29) is 0 Å². The van der Waals surface area contributed by atoms with E-state index < -0.39 is 0 Å². The first-order valence-electron chi connectivity index (χ1n) is 2.76. The highest BCUT2D eigenvalue weighted by atomic mass is 35.5. The largest absolute Gasteiger partial charge is 0.237 e. The Morgan fingerprint density at radius 1 is 1.70 bits per heavy atom. The minimum absolute atomic E-state index is 0.672. The van der Waals surface area contributed by atoms with Crippen molar-refractivity contribution in [2.75, 3.05) is 0 Å². The summed E-state index contributed by atoms with van der Waals surface area (Å²) >= 11 is 5.69. The highest BCUT2D eigenvalue weighted by Crippen LogP contribution is 2.20. The predicted octanol–water partition coefficient (Wildman–Crippen LogP) is 1.03. The summed E-state index contributed by atoms with van der Waals surface area (Å²) in [5.74, 6) is 0. The lowest BCUT2D eigenvalue weighted by atomic mass is 10.3.